The third-order valence-electron chi connectivity index (χ3n) is 3.79. The average molecular weight is 259 g/mol. The number of aromatic nitrogens is 3. The number of nitrogens with zero attached hydrogens (tertiary/aromatic N) is 3. The molecule has 1 aliphatic carbocycles. The Balaban J connectivity index is 2.03. The first kappa shape index (κ1) is 12.4. The topological polar surface area (TPSA) is 68.2 Å². The van der Waals surface area contributed by atoms with Gasteiger partial charge in [-0.1, -0.05) is 20.8 Å². The van der Waals surface area contributed by atoms with E-state index in [1.165, 1.54) is 0 Å². The molecule has 0 amide bonds. The van der Waals surface area contributed by atoms with E-state index in [1.54, 1.807) is 6.20 Å². The van der Waals surface area contributed by atoms with Crippen molar-refractivity contribution < 1.29 is 0 Å². The summed E-state index contributed by atoms with van der Waals surface area (Å²) in [7, 11) is 0. The standard InChI is InChI=1S/C14H21N5/c1-13(2,3)11-8-10-12(16-6-7-19(10)18-11)17-14(9-15)4-5-14/h6-8H,4-5,9,15H2,1-3H3,(H,16,17). The summed E-state index contributed by atoms with van der Waals surface area (Å²) in [5.41, 5.74) is 8.01. The minimum absolute atomic E-state index is 0.0361. The van der Waals surface area contributed by atoms with Crippen molar-refractivity contribution in [3.8, 4) is 0 Å². The highest BCUT2D eigenvalue weighted by Crippen LogP contribution is 2.38. The van der Waals surface area contributed by atoms with Gasteiger partial charge in [0.1, 0.15) is 5.52 Å². The summed E-state index contributed by atoms with van der Waals surface area (Å²) in [5.74, 6) is 0.883. The Morgan fingerprint density at radius 3 is 2.74 bits per heavy atom. The summed E-state index contributed by atoms with van der Waals surface area (Å²) in [6, 6.07) is 2.11. The lowest BCUT2D eigenvalue weighted by molar-refractivity contribution is 0.562. The van der Waals surface area contributed by atoms with Gasteiger partial charge in [0.05, 0.1) is 11.2 Å². The van der Waals surface area contributed by atoms with Gasteiger partial charge >= 0.3 is 0 Å². The summed E-state index contributed by atoms with van der Waals surface area (Å²) in [4.78, 5) is 4.45. The Hall–Kier alpha value is -1.62. The zero-order valence-corrected chi connectivity index (χ0v) is 11.8. The molecule has 1 aliphatic rings. The number of rotatable bonds is 3. The molecule has 3 N–H and O–H groups in total. The zero-order valence-electron chi connectivity index (χ0n) is 11.8. The van der Waals surface area contributed by atoms with Crippen molar-refractivity contribution in [2.24, 2.45) is 5.73 Å². The van der Waals surface area contributed by atoms with Crippen LogP contribution in [0.2, 0.25) is 0 Å². The van der Waals surface area contributed by atoms with E-state index in [1.807, 2.05) is 10.7 Å². The van der Waals surface area contributed by atoms with Gasteiger partial charge in [0.15, 0.2) is 5.82 Å². The van der Waals surface area contributed by atoms with E-state index in [9.17, 15) is 0 Å². The largest absolute Gasteiger partial charge is 0.362 e. The monoisotopic (exact) mass is 259 g/mol. The van der Waals surface area contributed by atoms with Gasteiger partial charge in [-0.15, -0.1) is 0 Å². The summed E-state index contributed by atoms with van der Waals surface area (Å²) in [5, 5.41) is 8.12. The van der Waals surface area contributed by atoms with Crippen molar-refractivity contribution in [3.63, 3.8) is 0 Å². The van der Waals surface area contributed by atoms with Crippen molar-refractivity contribution >= 4 is 11.3 Å². The lowest BCUT2D eigenvalue weighted by Gasteiger charge is -2.15. The molecule has 2 aromatic rings. The van der Waals surface area contributed by atoms with Crippen LogP contribution in [0.5, 0.6) is 0 Å². The summed E-state index contributed by atoms with van der Waals surface area (Å²) in [6.07, 6.45) is 5.90. The van der Waals surface area contributed by atoms with Crippen molar-refractivity contribution in [2.75, 3.05) is 11.9 Å². The maximum Gasteiger partial charge on any atom is 0.152 e. The van der Waals surface area contributed by atoms with Gasteiger partial charge in [0, 0.05) is 24.4 Å². The molecule has 1 saturated carbocycles. The lowest BCUT2D eigenvalue weighted by Crippen LogP contribution is -2.31. The van der Waals surface area contributed by atoms with Crippen molar-refractivity contribution in [1.82, 2.24) is 14.6 Å². The number of hydrogen-bond acceptors (Lipinski definition) is 4. The minimum atomic E-state index is 0.0361. The van der Waals surface area contributed by atoms with Crippen LogP contribution in [-0.4, -0.2) is 26.7 Å². The van der Waals surface area contributed by atoms with E-state index in [4.69, 9.17) is 5.73 Å². The van der Waals surface area contributed by atoms with E-state index >= 15 is 0 Å². The smallest absolute Gasteiger partial charge is 0.152 e. The van der Waals surface area contributed by atoms with Gasteiger partial charge in [-0.3, -0.25) is 0 Å². The molecule has 0 bridgehead atoms. The molecule has 0 radical (unpaired) electrons. The number of nitrogens with two attached hydrogens (primary N) is 1. The maximum absolute atomic E-state index is 5.82. The zero-order chi connectivity index (χ0) is 13.7. The van der Waals surface area contributed by atoms with Gasteiger partial charge in [-0.25, -0.2) is 9.50 Å². The van der Waals surface area contributed by atoms with E-state index in [2.05, 4.69) is 42.2 Å². The normalized spacial score (nSPS) is 17.7. The number of anilines is 1. The van der Waals surface area contributed by atoms with Crippen LogP contribution in [0.15, 0.2) is 18.5 Å². The molecule has 102 valence electrons. The fraction of sp³-hybridized carbons (Fsp3) is 0.571. The molecular weight excluding hydrogens is 238 g/mol. The predicted molar refractivity (Wildman–Crippen MR) is 76.3 cm³/mol. The second-order valence-corrected chi connectivity index (χ2v) is 6.49. The minimum Gasteiger partial charge on any atom is -0.362 e. The van der Waals surface area contributed by atoms with E-state index < -0.39 is 0 Å². The number of fused-ring (bicyclic) bond motifs is 1. The molecule has 0 aliphatic heterocycles. The van der Waals surface area contributed by atoms with Crippen LogP contribution in [0.3, 0.4) is 0 Å². The van der Waals surface area contributed by atoms with Crippen LogP contribution in [0.1, 0.15) is 39.3 Å². The first-order valence-corrected chi connectivity index (χ1v) is 6.77. The Morgan fingerprint density at radius 1 is 1.42 bits per heavy atom. The van der Waals surface area contributed by atoms with Crippen LogP contribution in [-0.2, 0) is 5.41 Å². The van der Waals surface area contributed by atoms with E-state index in [-0.39, 0.29) is 11.0 Å². The van der Waals surface area contributed by atoms with Crippen molar-refractivity contribution in [2.45, 2.75) is 44.6 Å². The summed E-state index contributed by atoms with van der Waals surface area (Å²) in [6.45, 7) is 7.14. The van der Waals surface area contributed by atoms with Crippen LogP contribution in [0.4, 0.5) is 5.82 Å². The third-order valence-corrected chi connectivity index (χ3v) is 3.79. The van der Waals surface area contributed by atoms with Crippen LogP contribution < -0.4 is 11.1 Å². The molecule has 0 aromatic carbocycles. The molecule has 19 heavy (non-hydrogen) atoms. The van der Waals surface area contributed by atoms with E-state index in [0.717, 1.165) is 29.9 Å². The predicted octanol–water partition coefficient (Wildman–Crippen LogP) is 1.93. The quantitative estimate of drug-likeness (QED) is 0.883. The molecule has 0 saturated heterocycles. The molecule has 0 unspecified atom stereocenters. The Labute approximate surface area is 113 Å². The molecule has 2 aromatic heterocycles. The molecular formula is C14H21N5. The highest BCUT2D eigenvalue weighted by Gasteiger charge is 2.41. The highest BCUT2D eigenvalue weighted by atomic mass is 15.3. The molecule has 2 heterocycles. The first-order valence-electron chi connectivity index (χ1n) is 6.77. The third kappa shape index (κ3) is 2.18. The fourth-order valence-electron chi connectivity index (χ4n) is 2.17. The first-order chi connectivity index (χ1) is 8.93. The Bertz CT molecular complexity index is 604. The second-order valence-electron chi connectivity index (χ2n) is 6.49. The highest BCUT2D eigenvalue weighted by molar-refractivity contribution is 5.69. The number of hydrogen-bond donors (Lipinski definition) is 2. The molecule has 5 nitrogen and oxygen atoms in total. The van der Waals surface area contributed by atoms with E-state index in [0.29, 0.717) is 6.54 Å². The van der Waals surface area contributed by atoms with Gasteiger partial charge in [0.25, 0.3) is 0 Å². The summed E-state index contributed by atoms with van der Waals surface area (Å²) < 4.78 is 1.89. The molecule has 3 rings (SSSR count). The fourth-order valence-corrected chi connectivity index (χ4v) is 2.17. The Kier molecular flexibility index (Phi) is 2.57. The van der Waals surface area contributed by atoms with Gasteiger partial charge in [-0.05, 0) is 18.9 Å². The van der Waals surface area contributed by atoms with Crippen LogP contribution >= 0.6 is 0 Å². The van der Waals surface area contributed by atoms with Crippen LogP contribution in [0.25, 0.3) is 5.52 Å². The molecule has 0 spiro atoms. The summed E-state index contributed by atoms with van der Waals surface area (Å²) >= 11 is 0. The van der Waals surface area contributed by atoms with Crippen molar-refractivity contribution in [3.05, 3.63) is 24.2 Å². The van der Waals surface area contributed by atoms with Gasteiger partial charge < -0.3 is 11.1 Å². The molecule has 5 heteroatoms. The lowest BCUT2D eigenvalue weighted by atomic mass is 9.92. The second kappa shape index (κ2) is 3.93. The van der Waals surface area contributed by atoms with Gasteiger partial charge in [-0.2, -0.15) is 5.10 Å². The van der Waals surface area contributed by atoms with Crippen LogP contribution in [0, 0.1) is 0 Å². The molecule has 1 fully saturated rings. The SMILES string of the molecule is CC(C)(C)c1cc2c(NC3(CN)CC3)nccn2n1. The average Bonchev–Trinajstić information content (AvgIpc) is 2.96. The number of nitrogens with one attached hydrogen (secondary N) is 1. The van der Waals surface area contributed by atoms with Crippen molar-refractivity contribution in [1.29, 1.82) is 0 Å². The Morgan fingerprint density at radius 2 is 2.16 bits per heavy atom. The van der Waals surface area contributed by atoms with Gasteiger partial charge in [0.2, 0.25) is 0 Å². The maximum atomic E-state index is 5.82. The molecule has 0 atom stereocenters.